The van der Waals surface area contributed by atoms with Gasteiger partial charge in [-0.3, -0.25) is 4.79 Å². The van der Waals surface area contributed by atoms with Gasteiger partial charge in [-0.05, 0) is 13.0 Å². The van der Waals surface area contributed by atoms with Crippen LogP contribution in [0.3, 0.4) is 0 Å². The smallest absolute Gasteiger partial charge is 0.309 e. The first-order chi connectivity index (χ1) is 6.72. The molecular weight excluding hydrogens is 178 g/mol. The summed E-state index contributed by atoms with van der Waals surface area (Å²) in [7, 11) is 1.43. The Balaban J connectivity index is 3.23. The Labute approximate surface area is 87.2 Å². The molecule has 0 aliphatic heterocycles. The summed E-state index contributed by atoms with van der Waals surface area (Å²) in [5, 5.41) is 3.26. The zero-order valence-electron chi connectivity index (χ0n) is 9.64. The van der Waals surface area contributed by atoms with Crippen LogP contribution in [0.15, 0.2) is 0 Å². The average Bonchev–Trinajstić information content (AvgIpc) is 2.21. The van der Waals surface area contributed by atoms with Crippen LogP contribution < -0.4 is 5.32 Å². The number of nitrogens with one attached hydrogen (secondary N) is 1. The van der Waals surface area contributed by atoms with Gasteiger partial charge in [0.05, 0.1) is 13.0 Å². The first-order valence-electron chi connectivity index (χ1n) is 5.50. The summed E-state index contributed by atoms with van der Waals surface area (Å²) >= 11 is 0. The molecule has 0 amide bonds. The normalized spacial score (nSPS) is 12.5. The molecule has 0 rings (SSSR count). The van der Waals surface area contributed by atoms with E-state index >= 15 is 0 Å². The van der Waals surface area contributed by atoms with E-state index in [4.69, 9.17) is 0 Å². The highest BCUT2D eigenvalue weighted by molar-refractivity contribution is 5.71. The minimum Gasteiger partial charge on any atom is -0.469 e. The monoisotopic (exact) mass is 201 g/mol. The molecular formula is C11H23NO2. The molecule has 1 unspecified atom stereocenters. The molecule has 0 saturated carbocycles. The van der Waals surface area contributed by atoms with E-state index in [0.29, 0.717) is 0 Å². The molecule has 0 bridgehead atoms. The van der Waals surface area contributed by atoms with E-state index in [2.05, 4.69) is 17.0 Å². The highest BCUT2D eigenvalue weighted by Gasteiger charge is 2.11. The van der Waals surface area contributed by atoms with E-state index in [-0.39, 0.29) is 11.9 Å². The van der Waals surface area contributed by atoms with Gasteiger partial charge in [-0.2, -0.15) is 0 Å². The summed E-state index contributed by atoms with van der Waals surface area (Å²) in [6.45, 7) is 5.80. The van der Waals surface area contributed by atoms with Crippen molar-refractivity contribution in [2.45, 2.75) is 39.5 Å². The van der Waals surface area contributed by atoms with Crippen molar-refractivity contribution < 1.29 is 9.53 Å². The van der Waals surface area contributed by atoms with Gasteiger partial charge in [0.2, 0.25) is 0 Å². The van der Waals surface area contributed by atoms with Crippen molar-refractivity contribution >= 4 is 5.97 Å². The maximum Gasteiger partial charge on any atom is 0.309 e. The number of carbonyl (C=O) groups is 1. The summed E-state index contributed by atoms with van der Waals surface area (Å²) in [5.41, 5.74) is 0. The van der Waals surface area contributed by atoms with Gasteiger partial charge in [0.15, 0.2) is 0 Å². The number of hydrogen-bond donors (Lipinski definition) is 1. The van der Waals surface area contributed by atoms with Crippen molar-refractivity contribution in [3.8, 4) is 0 Å². The third-order valence-electron chi connectivity index (χ3n) is 2.26. The Morgan fingerprint density at radius 1 is 1.36 bits per heavy atom. The maximum absolute atomic E-state index is 11.0. The Morgan fingerprint density at radius 3 is 2.64 bits per heavy atom. The molecule has 0 aromatic heterocycles. The second kappa shape index (κ2) is 9.00. The average molecular weight is 201 g/mol. The predicted octanol–water partition coefficient (Wildman–Crippen LogP) is 1.97. The molecule has 0 aromatic carbocycles. The summed E-state index contributed by atoms with van der Waals surface area (Å²) in [6.07, 6.45) is 5.03. The first kappa shape index (κ1) is 13.4. The summed E-state index contributed by atoms with van der Waals surface area (Å²) in [4.78, 5) is 11.0. The Morgan fingerprint density at radius 2 is 2.07 bits per heavy atom. The predicted molar refractivity (Wildman–Crippen MR) is 58.2 cm³/mol. The summed E-state index contributed by atoms with van der Waals surface area (Å²) in [5.74, 6) is -0.169. The van der Waals surface area contributed by atoms with Crippen molar-refractivity contribution in [1.29, 1.82) is 0 Å². The van der Waals surface area contributed by atoms with Crippen molar-refractivity contribution in [3.63, 3.8) is 0 Å². The number of rotatable bonds is 8. The molecule has 0 fully saturated rings. The number of ether oxygens (including phenoxy) is 1. The summed E-state index contributed by atoms with van der Waals surface area (Å²) in [6, 6.07) is 0. The number of methoxy groups -OCH3 is 1. The molecule has 0 aliphatic rings. The van der Waals surface area contributed by atoms with Crippen LogP contribution in [0.2, 0.25) is 0 Å². The molecule has 84 valence electrons. The van der Waals surface area contributed by atoms with Crippen LogP contribution in [0.1, 0.15) is 39.5 Å². The SMILES string of the molecule is CCCCCCNCC(C)C(=O)OC. The number of unbranched alkanes of at least 4 members (excludes halogenated alkanes) is 3. The molecule has 0 spiro atoms. The van der Waals surface area contributed by atoms with Gasteiger partial charge in [-0.15, -0.1) is 0 Å². The molecule has 0 saturated heterocycles. The molecule has 3 heteroatoms. The van der Waals surface area contributed by atoms with Crippen molar-refractivity contribution in [3.05, 3.63) is 0 Å². The van der Waals surface area contributed by atoms with Crippen molar-refractivity contribution in [1.82, 2.24) is 5.32 Å². The largest absolute Gasteiger partial charge is 0.469 e. The highest BCUT2D eigenvalue weighted by atomic mass is 16.5. The van der Waals surface area contributed by atoms with Gasteiger partial charge in [0, 0.05) is 6.54 Å². The van der Waals surface area contributed by atoms with E-state index in [1.807, 2.05) is 6.92 Å². The van der Waals surface area contributed by atoms with Crippen LogP contribution in [0, 0.1) is 5.92 Å². The molecule has 0 heterocycles. The lowest BCUT2D eigenvalue weighted by Crippen LogP contribution is -2.27. The van der Waals surface area contributed by atoms with Gasteiger partial charge < -0.3 is 10.1 Å². The van der Waals surface area contributed by atoms with Gasteiger partial charge in [-0.1, -0.05) is 33.1 Å². The highest BCUT2D eigenvalue weighted by Crippen LogP contribution is 1.98. The zero-order valence-corrected chi connectivity index (χ0v) is 9.64. The second-order valence-corrected chi connectivity index (χ2v) is 3.69. The number of hydrogen-bond acceptors (Lipinski definition) is 3. The van der Waals surface area contributed by atoms with Crippen LogP contribution in [-0.4, -0.2) is 26.2 Å². The quantitative estimate of drug-likeness (QED) is 0.482. The lowest BCUT2D eigenvalue weighted by molar-refractivity contribution is -0.144. The fraction of sp³-hybridized carbons (Fsp3) is 0.909. The van der Waals surface area contributed by atoms with E-state index in [9.17, 15) is 4.79 Å². The van der Waals surface area contributed by atoms with E-state index in [1.54, 1.807) is 0 Å². The van der Waals surface area contributed by atoms with Crippen LogP contribution in [0.25, 0.3) is 0 Å². The minimum atomic E-state index is -0.133. The van der Waals surface area contributed by atoms with E-state index < -0.39 is 0 Å². The van der Waals surface area contributed by atoms with E-state index in [0.717, 1.165) is 13.1 Å². The fourth-order valence-corrected chi connectivity index (χ4v) is 1.28. The molecule has 3 nitrogen and oxygen atoms in total. The van der Waals surface area contributed by atoms with Crippen molar-refractivity contribution in [2.24, 2.45) is 5.92 Å². The lowest BCUT2D eigenvalue weighted by Gasteiger charge is -2.09. The number of esters is 1. The molecule has 0 aromatic rings. The number of carbonyl (C=O) groups excluding carboxylic acids is 1. The van der Waals surface area contributed by atoms with Gasteiger partial charge in [0.1, 0.15) is 0 Å². The fourth-order valence-electron chi connectivity index (χ4n) is 1.28. The summed E-state index contributed by atoms with van der Waals surface area (Å²) < 4.78 is 4.63. The Hall–Kier alpha value is -0.570. The molecule has 1 atom stereocenters. The van der Waals surface area contributed by atoms with Crippen LogP contribution >= 0.6 is 0 Å². The third kappa shape index (κ3) is 6.89. The topological polar surface area (TPSA) is 38.3 Å². The second-order valence-electron chi connectivity index (χ2n) is 3.69. The first-order valence-corrected chi connectivity index (χ1v) is 5.50. The Bertz CT molecular complexity index is 148. The molecule has 0 radical (unpaired) electrons. The Kier molecular flexibility index (Phi) is 8.64. The molecule has 14 heavy (non-hydrogen) atoms. The maximum atomic E-state index is 11.0. The van der Waals surface area contributed by atoms with Crippen LogP contribution in [0.5, 0.6) is 0 Å². The standard InChI is InChI=1S/C11H23NO2/c1-4-5-6-7-8-12-9-10(2)11(13)14-3/h10,12H,4-9H2,1-3H3. The molecule has 0 aliphatic carbocycles. The zero-order chi connectivity index (χ0) is 10.8. The van der Waals surface area contributed by atoms with Crippen LogP contribution in [-0.2, 0) is 9.53 Å². The van der Waals surface area contributed by atoms with Crippen molar-refractivity contribution in [2.75, 3.05) is 20.2 Å². The van der Waals surface area contributed by atoms with Crippen LogP contribution in [0.4, 0.5) is 0 Å². The van der Waals surface area contributed by atoms with Gasteiger partial charge in [-0.25, -0.2) is 0 Å². The third-order valence-corrected chi connectivity index (χ3v) is 2.26. The van der Waals surface area contributed by atoms with Gasteiger partial charge >= 0.3 is 5.97 Å². The van der Waals surface area contributed by atoms with Gasteiger partial charge in [0.25, 0.3) is 0 Å². The van der Waals surface area contributed by atoms with E-state index in [1.165, 1.54) is 32.8 Å². The minimum absolute atomic E-state index is 0.0359. The lowest BCUT2D eigenvalue weighted by atomic mass is 10.1. The molecule has 1 N–H and O–H groups in total.